The molecular formula is C18H29Cl2N5O2. The van der Waals surface area contributed by atoms with Crippen molar-refractivity contribution in [2.45, 2.75) is 39.8 Å². The summed E-state index contributed by atoms with van der Waals surface area (Å²) in [5.74, 6) is 0.432. The van der Waals surface area contributed by atoms with Gasteiger partial charge in [0.25, 0.3) is 0 Å². The summed E-state index contributed by atoms with van der Waals surface area (Å²) in [4.78, 5) is 28.2. The minimum atomic E-state index is -0.600. The van der Waals surface area contributed by atoms with Crippen LogP contribution in [0, 0.1) is 5.92 Å². The van der Waals surface area contributed by atoms with Gasteiger partial charge >= 0.3 is 0 Å². The van der Waals surface area contributed by atoms with Crippen molar-refractivity contribution in [1.29, 1.82) is 0 Å². The SMILES string of the molecule is CCn1c(CCNC(=O)CNC(=O)[C@@H](N)C(C)C)nc2ccccc21.Cl.Cl. The van der Waals surface area contributed by atoms with Gasteiger partial charge in [-0.3, -0.25) is 9.59 Å². The standard InChI is InChI=1S/C18H27N5O2.2ClH/c1-4-23-14-8-6-5-7-13(14)22-15(23)9-10-20-16(24)11-21-18(25)17(19)12(2)3;;/h5-8,12,17H,4,9-11,19H2,1-3H3,(H,20,24)(H,21,25);2*1H/t17-;;/m0../s1. The lowest BCUT2D eigenvalue weighted by molar-refractivity contribution is -0.127. The number of nitrogens with two attached hydrogens (primary N) is 1. The van der Waals surface area contributed by atoms with E-state index in [0.29, 0.717) is 13.0 Å². The maximum absolute atomic E-state index is 11.9. The van der Waals surface area contributed by atoms with E-state index in [9.17, 15) is 9.59 Å². The first-order chi connectivity index (χ1) is 11.9. The molecule has 0 radical (unpaired) electrons. The van der Waals surface area contributed by atoms with Crippen molar-refractivity contribution in [3.8, 4) is 0 Å². The fourth-order valence-corrected chi connectivity index (χ4v) is 2.63. The highest BCUT2D eigenvalue weighted by Crippen LogP contribution is 2.15. The van der Waals surface area contributed by atoms with Crippen LogP contribution in [0.2, 0.25) is 0 Å². The maximum Gasteiger partial charge on any atom is 0.239 e. The zero-order valence-electron chi connectivity index (χ0n) is 15.9. The van der Waals surface area contributed by atoms with Crippen LogP contribution in [0.5, 0.6) is 0 Å². The van der Waals surface area contributed by atoms with Crippen molar-refractivity contribution in [2.24, 2.45) is 11.7 Å². The van der Waals surface area contributed by atoms with Gasteiger partial charge in [-0.1, -0.05) is 26.0 Å². The number of hydrogen-bond donors (Lipinski definition) is 3. The van der Waals surface area contributed by atoms with E-state index >= 15 is 0 Å². The lowest BCUT2D eigenvalue weighted by Crippen LogP contribution is -2.47. The molecule has 0 saturated carbocycles. The van der Waals surface area contributed by atoms with Crippen molar-refractivity contribution in [3.05, 3.63) is 30.1 Å². The van der Waals surface area contributed by atoms with Gasteiger partial charge in [0, 0.05) is 19.5 Å². The number of para-hydroxylation sites is 2. The quantitative estimate of drug-likeness (QED) is 0.607. The predicted molar refractivity (Wildman–Crippen MR) is 112 cm³/mol. The Morgan fingerprint density at radius 3 is 2.48 bits per heavy atom. The molecule has 1 aromatic carbocycles. The second-order valence-corrected chi connectivity index (χ2v) is 6.35. The van der Waals surface area contributed by atoms with Crippen LogP contribution >= 0.6 is 24.8 Å². The Labute approximate surface area is 172 Å². The van der Waals surface area contributed by atoms with E-state index in [1.54, 1.807) is 0 Å². The van der Waals surface area contributed by atoms with Crippen LogP contribution in [0.3, 0.4) is 0 Å². The van der Waals surface area contributed by atoms with Crippen LogP contribution in [0.25, 0.3) is 11.0 Å². The van der Waals surface area contributed by atoms with Gasteiger partial charge < -0.3 is 20.9 Å². The van der Waals surface area contributed by atoms with E-state index in [1.165, 1.54) is 0 Å². The molecule has 7 nitrogen and oxygen atoms in total. The van der Waals surface area contributed by atoms with Gasteiger partial charge in [-0.2, -0.15) is 0 Å². The van der Waals surface area contributed by atoms with Gasteiger partial charge in [0.1, 0.15) is 5.82 Å². The highest BCUT2D eigenvalue weighted by molar-refractivity contribution is 5.87. The molecule has 0 fully saturated rings. The molecule has 2 amide bonds. The van der Waals surface area contributed by atoms with Crippen LogP contribution in [0.1, 0.15) is 26.6 Å². The van der Waals surface area contributed by atoms with E-state index < -0.39 is 6.04 Å². The fraction of sp³-hybridized carbons (Fsp3) is 0.500. The van der Waals surface area contributed by atoms with Crippen LogP contribution in [-0.4, -0.2) is 40.5 Å². The molecule has 0 aliphatic carbocycles. The third-order valence-electron chi connectivity index (χ3n) is 4.16. The molecule has 0 spiro atoms. The number of rotatable bonds is 8. The maximum atomic E-state index is 11.9. The average molecular weight is 418 g/mol. The zero-order chi connectivity index (χ0) is 18.4. The van der Waals surface area contributed by atoms with Gasteiger partial charge in [0.15, 0.2) is 0 Å². The lowest BCUT2D eigenvalue weighted by Gasteiger charge is -2.15. The highest BCUT2D eigenvalue weighted by Gasteiger charge is 2.17. The summed E-state index contributed by atoms with van der Waals surface area (Å²) in [7, 11) is 0. The molecule has 0 aliphatic rings. The molecule has 0 aliphatic heterocycles. The van der Waals surface area contributed by atoms with E-state index in [2.05, 4.69) is 27.1 Å². The van der Waals surface area contributed by atoms with Crippen molar-refractivity contribution in [3.63, 3.8) is 0 Å². The molecule has 2 rings (SSSR count). The first kappa shape index (κ1) is 25.2. The number of nitrogens with zero attached hydrogens (tertiary/aromatic N) is 2. The van der Waals surface area contributed by atoms with Crippen LogP contribution in [0.4, 0.5) is 0 Å². The molecule has 0 bridgehead atoms. The number of carbonyl (C=O) groups is 2. The lowest BCUT2D eigenvalue weighted by atomic mass is 10.1. The number of aromatic nitrogens is 2. The Morgan fingerprint density at radius 2 is 1.85 bits per heavy atom. The van der Waals surface area contributed by atoms with Crippen LogP contribution in [-0.2, 0) is 22.6 Å². The number of fused-ring (bicyclic) bond motifs is 1. The Bertz CT molecular complexity index is 748. The second-order valence-electron chi connectivity index (χ2n) is 6.35. The van der Waals surface area contributed by atoms with Gasteiger partial charge in [-0.25, -0.2) is 4.98 Å². The third kappa shape index (κ3) is 6.68. The Kier molecular flexibility index (Phi) is 11.0. The molecule has 2 aromatic rings. The van der Waals surface area contributed by atoms with Crippen molar-refractivity contribution in [1.82, 2.24) is 20.2 Å². The monoisotopic (exact) mass is 417 g/mol. The summed E-state index contributed by atoms with van der Waals surface area (Å²) >= 11 is 0. The molecule has 1 atom stereocenters. The summed E-state index contributed by atoms with van der Waals surface area (Å²) in [6.45, 7) is 7.03. The minimum absolute atomic E-state index is 0. The number of hydrogen-bond acceptors (Lipinski definition) is 4. The third-order valence-corrected chi connectivity index (χ3v) is 4.16. The minimum Gasteiger partial charge on any atom is -0.354 e. The number of carbonyl (C=O) groups excluding carboxylic acids is 2. The topological polar surface area (TPSA) is 102 Å². The number of halogens is 2. The molecule has 152 valence electrons. The zero-order valence-corrected chi connectivity index (χ0v) is 17.5. The Balaban J connectivity index is 0.00000338. The smallest absolute Gasteiger partial charge is 0.239 e. The predicted octanol–water partition coefficient (Wildman–Crippen LogP) is 1.66. The highest BCUT2D eigenvalue weighted by atomic mass is 35.5. The van der Waals surface area contributed by atoms with Crippen molar-refractivity contribution < 1.29 is 9.59 Å². The van der Waals surface area contributed by atoms with Gasteiger partial charge in [0.05, 0.1) is 23.6 Å². The molecule has 4 N–H and O–H groups in total. The first-order valence-electron chi connectivity index (χ1n) is 8.68. The van der Waals surface area contributed by atoms with E-state index in [4.69, 9.17) is 5.73 Å². The Hall–Kier alpha value is -1.83. The molecule has 1 aromatic heterocycles. The molecule has 9 heteroatoms. The first-order valence-corrected chi connectivity index (χ1v) is 8.68. The summed E-state index contributed by atoms with van der Waals surface area (Å²) < 4.78 is 2.14. The van der Waals surface area contributed by atoms with Gasteiger partial charge in [-0.15, -0.1) is 24.8 Å². The number of imidazole rings is 1. The summed E-state index contributed by atoms with van der Waals surface area (Å²) in [5.41, 5.74) is 7.79. The van der Waals surface area contributed by atoms with Gasteiger partial charge in [-0.05, 0) is 25.0 Å². The number of benzene rings is 1. The number of aryl methyl sites for hydroxylation is 1. The molecule has 0 saturated heterocycles. The number of nitrogens with one attached hydrogen (secondary N) is 2. The van der Waals surface area contributed by atoms with E-state index in [1.807, 2.05) is 38.1 Å². The van der Waals surface area contributed by atoms with Crippen molar-refractivity contribution in [2.75, 3.05) is 13.1 Å². The van der Waals surface area contributed by atoms with E-state index in [0.717, 1.165) is 23.4 Å². The molecule has 27 heavy (non-hydrogen) atoms. The largest absolute Gasteiger partial charge is 0.354 e. The Morgan fingerprint density at radius 1 is 1.19 bits per heavy atom. The normalized spacial score (nSPS) is 11.4. The van der Waals surface area contributed by atoms with Crippen LogP contribution < -0.4 is 16.4 Å². The van der Waals surface area contributed by atoms with Gasteiger partial charge in [0.2, 0.25) is 11.8 Å². The van der Waals surface area contributed by atoms with E-state index in [-0.39, 0.29) is 49.1 Å². The molecule has 1 heterocycles. The summed E-state index contributed by atoms with van der Waals surface area (Å²) in [5, 5.41) is 5.36. The van der Waals surface area contributed by atoms with Crippen LogP contribution in [0.15, 0.2) is 24.3 Å². The molecule has 0 unspecified atom stereocenters. The average Bonchev–Trinajstić information content (AvgIpc) is 2.96. The van der Waals surface area contributed by atoms with Crippen molar-refractivity contribution >= 4 is 47.7 Å². The fourth-order valence-electron chi connectivity index (χ4n) is 2.63. The second kappa shape index (κ2) is 11.8. The summed E-state index contributed by atoms with van der Waals surface area (Å²) in [6.07, 6.45) is 0.633. The molecular weight excluding hydrogens is 389 g/mol. The summed E-state index contributed by atoms with van der Waals surface area (Å²) in [6, 6.07) is 7.38. The number of amides is 2.